The zero-order valence-electron chi connectivity index (χ0n) is 11.7. The lowest BCUT2D eigenvalue weighted by Crippen LogP contribution is -2.29. The summed E-state index contributed by atoms with van der Waals surface area (Å²) in [7, 11) is -1.25. The van der Waals surface area contributed by atoms with Gasteiger partial charge in [-0.15, -0.1) is 0 Å². The van der Waals surface area contributed by atoms with Crippen molar-refractivity contribution in [2.45, 2.75) is 19.4 Å². The highest BCUT2D eigenvalue weighted by atomic mass is 79.9. The van der Waals surface area contributed by atoms with E-state index < -0.39 is 9.84 Å². The highest BCUT2D eigenvalue weighted by Crippen LogP contribution is 2.36. The van der Waals surface area contributed by atoms with Crippen LogP contribution < -0.4 is 10.1 Å². The van der Waals surface area contributed by atoms with E-state index in [4.69, 9.17) is 4.74 Å². The molecule has 2 rings (SSSR count). The number of halogens is 1. The first kappa shape index (κ1) is 15.8. The molecule has 112 valence electrons. The van der Waals surface area contributed by atoms with Gasteiger partial charge in [-0.3, -0.25) is 0 Å². The van der Waals surface area contributed by atoms with E-state index in [9.17, 15) is 8.42 Å². The first-order valence-electron chi connectivity index (χ1n) is 6.74. The average molecular weight is 362 g/mol. The lowest BCUT2D eigenvalue weighted by molar-refractivity contribution is 0.390. The highest BCUT2D eigenvalue weighted by Gasteiger charge is 2.34. The van der Waals surface area contributed by atoms with Crippen molar-refractivity contribution in [2.24, 2.45) is 5.92 Å². The Hall–Kier alpha value is -0.590. The van der Waals surface area contributed by atoms with Crippen molar-refractivity contribution in [3.05, 3.63) is 28.2 Å². The fourth-order valence-corrected chi connectivity index (χ4v) is 5.06. The second-order valence-corrected chi connectivity index (χ2v) is 8.17. The molecule has 1 fully saturated rings. The van der Waals surface area contributed by atoms with Crippen LogP contribution in [-0.4, -0.2) is 33.6 Å². The number of sulfone groups is 1. The molecule has 0 aliphatic carbocycles. The third-order valence-electron chi connectivity index (χ3n) is 3.70. The van der Waals surface area contributed by atoms with Crippen LogP contribution in [0.1, 0.15) is 24.9 Å². The highest BCUT2D eigenvalue weighted by molar-refractivity contribution is 9.10. The lowest BCUT2D eigenvalue weighted by atomic mass is 9.92. The molecule has 1 aliphatic heterocycles. The maximum absolute atomic E-state index is 11.7. The van der Waals surface area contributed by atoms with Gasteiger partial charge in [0.05, 0.1) is 18.6 Å². The second kappa shape index (κ2) is 6.45. The molecule has 2 unspecified atom stereocenters. The second-order valence-electron chi connectivity index (χ2n) is 5.09. The van der Waals surface area contributed by atoms with E-state index >= 15 is 0 Å². The fourth-order valence-electron chi connectivity index (χ4n) is 2.72. The van der Waals surface area contributed by atoms with Crippen molar-refractivity contribution >= 4 is 25.8 Å². The Morgan fingerprint density at radius 3 is 2.80 bits per heavy atom. The van der Waals surface area contributed by atoms with Gasteiger partial charge in [-0.05, 0) is 42.6 Å². The molecule has 1 N–H and O–H groups in total. The molecule has 0 radical (unpaired) electrons. The summed E-state index contributed by atoms with van der Waals surface area (Å²) in [6.07, 6.45) is 0.712. The zero-order valence-corrected chi connectivity index (χ0v) is 14.1. The minimum atomic E-state index is -2.88. The Bertz CT molecular complexity index is 574. The van der Waals surface area contributed by atoms with E-state index in [1.807, 2.05) is 25.1 Å². The predicted octanol–water partition coefficient (Wildman–Crippen LogP) is 2.54. The van der Waals surface area contributed by atoms with Crippen LogP contribution in [-0.2, 0) is 9.84 Å². The molecule has 2 atom stereocenters. The summed E-state index contributed by atoms with van der Waals surface area (Å²) < 4.78 is 29.7. The summed E-state index contributed by atoms with van der Waals surface area (Å²) in [4.78, 5) is 0. The van der Waals surface area contributed by atoms with Crippen molar-refractivity contribution in [1.82, 2.24) is 5.32 Å². The monoisotopic (exact) mass is 361 g/mol. The molecule has 0 spiro atoms. The van der Waals surface area contributed by atoms with Gasteiger partial charge < -0.3 is 10.1 Å². The molecule has 1 aromatic carbocycles. The van der Waals surface area contributed by atoms with Gasteiger partial charge in [0.15, 0.2) is 9.84 Å². The van der Waals surface area contributed by atoms with Gasteiger partial charge in [-0.25, -0.2) is 8.42 Å². The van der Waals surface area contributed by atoms with Gasteiger partial charge in [0, 0.05) is 10.5 Å². The molecule has 20 heavy (non-hydrogen) atoms. The molecule has 0 bridgehead atoms. The Kier molecular flexibility index (Phi) is 5.09. The molecule has 1 aliphatic rings. The maximum atomic E-state index is 11.7. The third-order valence-corrected chi connectivity index (χ3v) is 6.22. The standard InChI is InChI=1S/C14H20BrNO3S/c1-3-16-14(10-6-7-20(17,18)9-10)12-8-11(19-2)4-5-13(12)15/h4-5,8,10,14,16H,3,6-7,9H2,1-2H3. The van der Waals surface area contributed by atoms with Crippen LogP contribution >= 0.6 is 15.9 Å². The summed E-state index contributed by atoms with van der Waals surface area (Å²) in [5.74, 6) is 1.45. The van der Waals surface area contributed by atoms with Gasteiger partial charge in [0.2, 0.25) is 0 Å². The first-order chi connectivity index (χ1) is 9.46. The van der Waals surface area contributed by atoms with E-state index in [0.29, 0.717) is 12.2 Å². The topological polar surface area (TPSA) is 55.4 Å². The van der Waals surface area contributed by atoms with Crippen molar-refractivity contribution in [1.29, 1.82) is 0 Å². The number of benzene rings is 1. The van der Waals surface area contributed by atoms with Crippen molar-refractivity contribution in [3.8, 4) is 5.75 Å². The van der Waals surface area contributed by atoms with Crippen LogP contribution in [0.15, 0.2) is 22.7 Å². The first-order valence-corrected chi connectivity index (χ1v) is 9.35. The zero-order chi connectivity index (χ0) is 14.8. The predicted molar refractivity (Wildman–Crippen MR) is 83.9 cm³/mol. The molecule has 1 heterocycles. The van der Waals surface area contributed by atoms with E-state index in [-0.39, 0.29) is 17.7 Å². The maximum Gasteiger partial charge on any atom is 0.150 e. The number of methoxy groups -OCH3 is 1. The number of hydrogen-bond donors (Lipinski definition) is 1. The smallest absolute Gasteiger partial charge is 0.150 e. The normalized spacial score (nSPS) is 22.6. The van der Waals surface area contributed by atoms with E-state index in [1.54, 1.807) is 7.11 Å². The fraction of sp³-hybridized carbons (Fsp3) is 0.571. The molecule has 1 aromatic rings. The van der Waals surface area contributed by atoms with Gasteiger partial charge in [0.1, 0.15) is 5.75 Å². The minimum absolute atomic E-state index is 0.0294. The largest absolute Gasteiger partial charge is 0.497 e. The molecular formula is C14H20BrNO3S. The van der Waals surface area contributed by atoms with Gasteiger partial charge in [-0.2, -0.15) is 0 Å². The van der Waals surface area contributed by atoms with Crippen LogP contribution in [0.2, 0.25) is 0 Å². The molecule has 0 saturated carbocycles. The third kappa shape index (κ3) is 3.54. The summed E-state index contributed by atoms with van der Waals surface area (Å²) in [6.45, 7) is 2.83. The van der Waals surface area contributed by atoms with E-state index in [1.165, 1.54) is 0 Å². The molecule has 1 saturated heterocycles. The number of nitrogens with one attached hydrogen (secondary N) is 1. The molecule has 6 heteroatoms. The Morgan fingerprint density at radius 1 is 1.50 bits per heavy atom. The van der Waals surface area contributed by atoms with Crippen molar-refractivity contribution in [3.63, 3.8) is 0 Å². The number of rotatable bonds is 5. The van der Waals surface area contributed by atoms with Crippen LogP contribution in [0.25, 0.3) is 0 Å². The minimum Gasteiger partial charge on any atom is -0.497 e. The van der Waals surface area contributed by atoms with E-state index in [0.717, 1.165) is 22.3 Å². The Morgan fingerprint density at radius 2 is 2.25 bits per heavy atom. The van der Waals surface area contributed by atoms with Gasteiger partial charge in [-0.1, -0.05) is 22.9 Å². The van der Waals surface area contributed by atoms with Crippen LogP contribution in [0.3, 0.4) is 0 Å². The lowest BCUT2D eigenvalue weighted by Gasteiger charge is -2.25. The Balaban J connectivity index is 2.33. The SMILES string of the molecule is CCNC(c1cc(OC)ccc1Br)C1CCS(=O)(=O)C1. The quantitative estimate of drug-likeness (QED) is 0.875. The number of hydrogen-bond acceptors (Lipinski definition) is 4. The molecule has 0 amide bonds. The average Bonchev–Trinajstić information content (AvgIpc) is 2.77. The Labute approximate surface area is 129 Å². The molecule has 4 nitrogen and oxygen atoms in total. The summed E-state index contributed by atoms with van der Waals surface area (Å²) in [5, 5.41) is 3.42. The van der Waals surface area contributed by atoms with Crippen LogP contribution in [0.4, 0.5) is 0 Å². The van der Waals surface area contributed by atoms with Gasteiger partial charge in [0.25, 0.3) is 0 Å². The van der Waals surface area contributed by atoms with Crippen LogP contribution in [0.5, 0.6) is 5.75 Å². The van der Waals surface area contributed by atoms with Crippen molar-refractivity contribution < 1.29 is 13.2 Å². The van der Waals surface area contributed by atoms with E-state index in [2.05, 4.69) is 21.2 Å². The summed E-state index contributed by atoms with van der Waals surface area (Å²) >= 11 is 3.56. The molecular weight excluding hydrogens is 342 g/mol. The summed E-state index contributed by atoms with van der Waals surface area (Å²) in [5.41, 5.74) is 1.06. The van der Waals surface area contributed by atoms with Crippen molar-refractivity contribution in [2.75, 3.05) is 25.2 Å². The number of ether oxygens (including phenoxy) is 1. The molecule has 0 aromatic heterocycles. The summed E-state index contributed by atoms with van der Waals surface area (Å²) in [6, 6.07) is 5.84. The van der Waals surface area contributed by atoms with Gasteiger partial charge >= 0.3 is 0 Å². The van der Waals surface area contributed by atoms with Crippen LogP contribution in [0, 0.1) is 5.92 Å².